The van der Waals surface area contributed by atoms with Gasteiger partial charge in [-0.2, -0.15) is 0 Å². The normalized spacial score (nSPS) is 10.7. The Morgan fingerprint density at radius 1 is 1.53 bits per heavy atom. The number of hydrogen-bond donors (Lipinski definition) is 1. The van der Waals surface area contributed by atoms with Crippen LogP contribution >= 0.6 is 11.6 Å². The Bertz CT molecular complexity index is 413. The van der Waals surface area contributed by atoms with E-state index >= 15 is 0 Å². The maximum absolute atomic E-state index is 10.6. The minimum absolute atomic E-state index is 0.0329. The van der Waals surface area contributed by atoms with E-state index in [0.717, 1.165) is 12.0 Å². The van der Waals surface area contributed by atoms with Crippen LogP contribution in [0.5, 0.6) is 5.75 Å². The molecule has 4 heteroatoms. The third kappa shape index (κ3) is 4.49. The van der Waals surface area contributed by atoms with Crippen LogP contribution < -0.4 is 4.74 Å². The van der Waals surface area contributed by atoms with Gasteiger partial charge < -0.3 is 9.84 Å². The molecule has 0 saturated heterocycles. The molecule has 0 aliphatic rings. The smallest absolute Gasteiger partial charge is 0.307 e. The van der Waals surface area contributed by atoms with Crippen molar-refractivity contribution < 1.29 is 14.6 Å². The monoisotopic (exact) mass is 254 g/mol. The molecule has 0 amide bonds. The van der Waals surface area contributed by atoms with E-state index in [9.17, 15) is 4.79 Å². The van der Waals surface area contributed by atoms with Crippen LogP contribution in [0.2, 0.25) is 0 Å². The average Bonchev–Trinajstić information content (AvgIpc) is 2.30. The van der Waals surface area contributed by atoms with Crippen molar-refractivity contribution in [1.29, 1.82) is 0 Å². The van der Waals surface area contributed by atoms with Gasteiger partial charge in [0.15, 0.2) is 0 Å². The van der Waals surface area contributed by atoms with Crippen LogP contribution in [0.25, 0.3) is 6.08 Å². The molecule has 0 aliphatic carbocycles. The molecule has 0 radical (unpaired) electrons. The zero-order valence-corrected chi connectivity index (χ0v) is 10.4. The number of carboxylic acid groups (broad SMARTS) is 1. The minimum atomic E-state index is -0.867. The first kappa shape index (κ1) is 13.6. The molecule has 0 fully saturated rings. The van der Waals surface area contributed by atoms with E-state index in [1.165, 1.54) is 7.11 Å². The quantitative estimate of drug-likeness (QED) is 0.794. The first-order valence-electron chi connectivity index (χ1n) is 5.28. The SMILES string of the molecule is COc1cc(C=CCCCl)ccc1CC(=O)O. The fourth-order valence-electron chi connectivity index (χ4n) is 1.46. The predicted molar refractivity (Wildman–Crippen MR) is 68.7 cm³/mol. The van der Waals surface area contributed by atoms with Gasteiger partial charge in [0.1, 0.15) is 5.75 Å². The molecule has 17 heavy (non-hydrogen) atoms. The van der Waals surface area contributed by atoms with Crippen LogP contribution in [0.4, 0.5) is 0 Å². The number of aliphatic carboxylic acids is 1. The Balaban J connectivity index is 2.88. The lowest BCUT2D eigenvalue weighted by Gasteiger charge is -2.07. The summed E-state index contributed by atoms with van der Waals surface area (Å²) in [6, 6.07) is 5.46. The summed E-state index contributed by atoms with van der Waals surface area (Å²) in [5, 5.41) is 8.75. The summed E-state index contributed by atoms with van der Waals surface area (Å²) >= 11 is 5.57. The van der Waals surface area contributed by atoms with E-state index in [-0.39, 0.29) is 6.42 Å². The van der Waals surface area contributed by atoms with Crippen molar-refractivity contribution >= 4 is 23.6 Å². The molecule has 1 aromatic rings. The molecule has 92 valence electrons. The first-order valence-corrected chi connectivity index (χ1v) is 5.82. The molecular formula is C13H15ClO3. The lowest BCUT2D eigenvalue weighted by molar-refractivity contribution is -0.136. The summed E-state index contributed by atoms with van der Waals surface area (Å²) in [5.74, 6) is 0.319. The molecule has 3 nitrogen and oxygen atoms in total. The number of allylic oxidation sites excluding steroid dienone is 1. The maximum Gasteiger partial charge on any atom is 0.307 e. The number of carboxylic acids is 1. The fourth-order valence-corrected chi connectivity index (χ4v) is 1.58. The van der Waals surface area contributed by atoms with Gasteiger partial charge in [-0.1, -0.05) is 24.3 Å². The molecule has 0 atom stereocenters. The van der Waals surface area contributed by atoms with E-state index < -0.39 is 5.97 Å². The molecule has 0 unspecified atom stereocenters. The molecule has 0 spiro atoms. The van der Waals surface area contributed by atoms with Gasteiger partial charge in [0, 0.05) is 11.4 Å². The van der Waals surface area contributed by atoms with Crippen molar-refractivity contribution in [3.8, 4) is 5.75 Å². The lowest BCUT2D eigenvalue weighted by atomic mass is 10.1. The van der Waals surface area contributed by atoms with E-state index in [1.54, 1.807) is 6.07 Å². The number of alkyl halides is 1. The second kappa shape index (κ2) is 6.97. The summed E-state index contributed by atoms with van der Waals surface area (Å²) in [6.07, 6.45) is 4.68. The number of rotatable bonds is 6. The fraction of sp³-hybridized carbons (Fsp3) is 0.308. The highest BCUT2D eigenvalue weighted by Crippen LogP contribution is 2.21. The third-order valence-corrected chi connectivity index (χ3v) is 2.46. The average molecular weight is 255 g/mol. The second-order valence-electron chi connectivity index (χ2n) is 3.52. The van der Waals surface area contributed by atoms with Crippen LogP contribution in [0.15, 0.2) is 24.3 Å². The number of carbonyl (C=O) groups is 1. The summed E-state index contributed by atoms with van der Waals surface area (Å²) in [7, 11) is 1.53. The largest absolute Gasteiger partial charge is 0.496 e. The van der Waals surface area contributed by atoms with Crippen molar-refractivity contribution in [2.45, 2.75) is 12.8 Å². The van der Waals surface area contributed by atoms with Gasteiger partial charge in [0.25, 0.3) is 0 Å². The lowest BCUT2D eigenvalue weighted by Crippen LogP contribution is -2.02. The van der Waals surface area contributed by atoms with E-state index in [1.807, 2.05) is 24.3 Å². The van der Waals surface area contributed by atoms with Crippen LogP contribution in [-0.4, -0.2) is 24.1 Å². The second-order valence-corrected chi connectivity index (χ2v) is 3.90. The molecule has 1 N–H and O–H groups in total. The Kier molecular flexibility index (Phi) is 5.57. The Labute approximate surface area is 106 Å². The summed E-state index contributed by atoms with van der Waals surface area (Å²) < 4.78 is 5.17. The number of benzene rings is 1. The van der Waals surface area contributed by atoms with Gasteiger partial charge in [0.05, 0.1) is 13.5 Å². The van der Waals surface area contributed by atoms with Gasteiger partial charge in [-0.3, -0.25) is 4.79 Å². The van der Waals surface area contributed by atoms with Crippen LogP contribution in [0, 0.1) is 0 Å². The summed E-state index contributed by atoms with van der Waals surface area (Å²) in [5.41, 5.74) is 1.65. The molecule has 1 aromatic carbocycles. The van der Waals surface area contributed by atoms with Gasteiger partial charge in [-0.25, -0.2) is 0 Å². The summed E-state index contributed by atoms with van der Waals surface area (Å²) in [6.45, 7) is 0. The molecule has 0 aromatic heterocycles. The van der Waals surface area contributed by atoms with Crippen molar-refractivity contribution in [3.63, 3.8) is 0 Å². The number of hydrogen-bond acceptors (Lipinski definition) is 2. The maximum atomic E-state index is 10.6. The zero-order valence-electron chi connectivity index (χ0n) is 9.65. The van der Waals surface area contributed by atoms with Crippen molar-refractivity contribution in [1.82, 2.24) is 0 Å². The Hall–Kier alpha value is -1.48. The van der Waals surface area contributed by atoms with Crippen LogP contribution in [0.3, 0.4) is 0 Å². The van der Waals surface area contributed by atoms with Gasteiger partial charge >= 0.3 is 5.97 Å². The van der Waals surface area contributed by atoms with Gasteiger partial charge in [-0.05, 0) is 18.1 Å². The third-order valence-electron chi connectivity index (χ3n) is 2.24. The van der Waals surface area contributed by atoms with E-state index in [4.69, 9.17) is 21.4 Å². The van der Waals surface area contributed by atoms with Crippen LogP contribution in [0.1, 0.15) is 17.5 Å². The zero-order chi connectivity index (χ0) is 12.7. The van der Waals surface area contributed by atoms with Crippen LogP contribution in [-0.2, 0) is 11.2 Å². The van der Waals surface area contributed by atoms with Crippen molar-refractivity contribution in [2.24, 2.45) is 0 Å². The first-order chi connectivity index (χ1) is 8.17. The predicted octanol–water partition coefficient (Wildman–Crippen LogP) is 2.96. The Morgan fingerprint density at radius 3 is 2.88 bits per heavy atom. The molecule has 0 saturated carbocycles. The van der Waals surface area contributed by atoms with Crippen molar-refractivity contribution in [3.05, 3.63) is 35.4 Å². The molecule has 0 heterocycles. The molecule has 1 rings (SSSR count). The number of halogens is 1. The topological polar surface area (TPSA) is 46.5 Å². The van der Waals surface area contributed by atoms with Gasteiger partial charge in [0.2, 0.25) is 0 Å². The number of ether oxygens (including phenoxy) is 1. The van der Waals surface area contributed by atoms with E-state index in [0.29, 0.717) is 17.2 Å². The van der Waals surface area contributed by atoms with E-state index in [2.05, 4.69) is 0 Å². The highest BCUT2D eigenvalue weighted by atomic mass is 35.5. The molecule has 0 bridgehead atoms. The summed E-state index contributed by atoms with van der Waals surface area (Å²) in [4.78, 5) is 10.6. The standard InChI is InChI=1S/C13H15ClO3/c1-17-12-8-10(4-2-3-7-14)5-6-11(12)9-13(15)16/h2,4-6,8H,3,7,9H2,1H3,(H,15,16). The van der Waals surface area contributed by atoms with Crippen molar-refractivity contribution in [2.75, 3.05) is 13.0 Å². The minimum Gasteiger partial charge on any atom is -0.496 e. The van der Waals surface area contributed by atoms with Gasteiger partial charge in [-0.15, -0.1) is 11.6 Å². The highest BCUT2D eigenvalue weighted by Gasteiger charge is 2.07. The highest BCUT2D eigenvalue weighted by molar-refractivity contribution is 6.17. The number of methoxy groups -OCH3 is 1. The Morgan fingerprint density at radius 2 is 2.29 bits per heavy atom. The molecular weight excluding hydrogens is 240 g/mol. The molecule has 0 aliphatic heterocycles.